The molecule has 90 valence electrons. The molecule has 1 aliphatic heterocycles. The van der Waals surface area contributed by atoms with Crippen LogP contribution in [0.5, 0.6) is 0 Å². The van der Waals surface area contributed by atoms with Crippen molar-refractivity contribution < 1.29 is 0 Å². The summed E-state index contributed by atoms with van der Waals surface area (Å²) in [4.78, 5) is 2.37. The van der Waals surface area contributed by atoms with Crippen molar-refractivity contribution in [2.45, 2.75) is 46.2 Å². The maximum atomic E-state index is 5.26. The van der Waals surface area contributed by atoms with Crippen molar-refractivity contribution in [2.24, 2.45) is 5.92 Å². The Kier molecular flexibility index (Phi) is 3.33. The normalized spacial score (nSPS) is 25.3. The Morgan fingerprint density at radius 2 is 2.25 bits per heavy atom. The molecule has 2 rings (SSSR count). The van der Waals surface area contributed by atoms with E-state index in [9.17, 15) is 0 Å². The van der Waals surface area contributed by atoms with Crippen molar-refractivity contribution in [1.82, 2.24) is 14.8 Å². The zero-order valence-electron chi connectivity index (χ0n) is 10.2. The highest BCUT2D eigenvalue weighted by Gasteiger charge is 2.29. The van der Waals surface area contributed by atoms with Crippen LogP contribution in [-0.2, 0) is 6.54 Å². The van der Waals surface area contributed by atoms with Gasteiger partial charge in [0.15, 0.2) is 4.77 Å². The fourth-order valence-electron chi connectivity index (χ4n) is 2.53. The fourth-order valence-corrected chi connectivity index (χ4v) is 2.75. The van der Waals surface area contributed by atoms with Crippen LogP contribution in [0.3, 0.4) is 0 Å². The number of nitrogens with zero attached hydrogens (tertiary/aromatic N) is 3. The monoisotopic (exact) mass is 240 g/mol. The third kappa shape index (κ3) is 2.00. The molecule has 2 atom stereocenters. The first-order valence-electron chi connectivity index (χ1n) is 6.05. The van der Waals surface area contributed by atoms with Gasteiger partial charge in [-0.1, -0.05) is 13.8 Å². The molecule has 0 radical (unpaired) electrons. The maximum Gasteiger partial charge on any atom is 0.225 e. The zero-order chi connectivity index (χ0) is 11.7. The maximum absolute atomic E-state index is 5.26. The van der Waals surface area contributed by atoms with E-state index in [1.54, 1.807) is 0 Å². The van der Waals surface area contributed by atoms with Gasteiger partial charge in [-0.3, -0.25) is 4.57 Å². The van der Waals surface area contributed by atoms with Crippen molar-refractivity contribution in [3.8, 4) is 0 Å². The predicted molar refractivity (Wildman–Crippen MR) is 68.3 cm³/mol. The third-order valence-corrected chi connectivity index (χ3v) is 3.54. The Balaban J connectivity index is 2.29. The summed E-state index contributed by atoms with van der Waals surface area (Å²) in [5.41, 5.74) is 0. The second-order valence-corrected chi connectivity index (χ2v) is 5.21. The number of anilines is 1. The second-order valence-electron chi connectivity index (χ2n) is 4.82. The van der Waals surface area contributed by atoms with E-state index in [0.29, 0.717) is 6.04 Å². The molecule has 16 heavy (non-hydrogen) atoms. The van der Waals surface area contributed by atoms with Crippen LogP contribution < -0.4 is 4.90 Å². The van der Waals surface area contributed by atoms with Gasteiger partial charge in [0.05, 0.1) is 0 Å². The van der Waals surface area contributed by atoms with Crippen LogP contribution in [0.1, 0.15) is 33.6 Å². The molecule has 1 aromatic heterocycles. The molecule has 1 aromatic rings. The lowest BCUT2D eigenvalue weighted by molar-refractivity contribution is 0.621. The highest BCUT2D eigenvalue weighted by molar-refractivity contribution is 7.71. The van der Waals surface area contributed by atoms with Crippen molar-refractivity contribution in [2.75, 3.05) is 11.4 Å². The number of aromatic nitrogens is 3. The minimum absolute atomic E-state index is 0.566. The van der Waals surface area contributed by atoms with Gasteiger partial charge in [0, 0.05) is 19.1 Å². The number of aromatic amines is 1. The Morgan fingerprint density at radius 3 is 2.81 bits per heavy atom. The summed E-state index contributed by atoms with van der Waals surface area (Å²) in [7, 11) is 0. The average molecular weight is 240 g/mol. The summed E-state index contributed by atoms with van der Waals surface area (Å²) in [6.07, 6.45) is 2.32. The van der Waals surface area contributed by atoms with Gasteiger partial charge in [0.2, 0.25) is 5.95 Å². The Bertz CT molecular complexity index is 408. The molecule has 1 fully saturated rings. The van der Waals surface area contributed by atoms with Crippen LogP contribution in [0, 0.1) is 10.7 Å². The van der Waals surface area contributed by atoms with Crippen molar-refractivity contribution in [3.05, 3.63) is 4.77 Å². The molecule has 2 heterocycles. The lowest BCUT2D eigenvalue weighted by Gasteiger charge is -2.22. The van der Waals surface area contributed by atoms with E-state index in [-0.39, 0.29) is 0 Å². The first-order chi connectivity index (χ1) is 7.63. The van der Waals surface area contributed by atoms with Crippen LogP contribution in [0.2, 0.25) is 0 Å². The summed E-state index contributed by atoms with van der Waals surface area (Å²) in [5, 5.41) is 7.28. The summed E-state index contributed by atoms with van der Waals surface area (Å²) in [6.45, 7) is 8.75. The molecule has 0 amide bonds. The number of rotatable bonds is 3. The minimum Gasteiger partial charge on any atom is -0.338 e. The largest absolute Gasteiger partial charge is 0.338 e. The van der Waals surface area contributed by atoms with Gasteiger partial charge in [0.1, 0.15) is 0 Å². The van der Waals surface area contributed by atoms with Crippen molar-refractivity contribution >= 4 is 18.2 Å². The molecule has 0 saturated carbocycles. The molecular weight excluding hydrogens is 220 g/mol. The van der Waals surface area contributed by atoms with Gasteiger partial charge in [-0.25, -0.2) is 5.10 Å². The summed E-state index contributed by atoms with van der Waals surface area (Å²) in [6, 6.07) is 0.566. The molecule has 0 aromatic carbocycles. The number of nitrogens with one attached hydrogen (secondary N) is 1. The van der Waals surface area contributed by atoms with Gasteiger partial charge in [-0.2, -0.15) is 0 Å². The van der Waals surface area contributed by atoms with Crippen LogP contribution in [0.15, 0.2) is 0 Å². The molecule has 2 unspecified atom stereocenters. The van der Waals surface area contributed by atoms with Gasteiger partial charge in [0.25, 0.3) is 0 Å². The zero-order valence-corrected chi connectivity index (χ0v) is 11.0. The third-order valence-electron chi connectivity index (χ3n) is 3.23. The van der Waals surface area contributed by atoms with Crippen LogP contribution in [-0.4, -0.2) is 27.4 Å². The predicted octanol–water partition coefficient (Wildman–Crippen LogP) is 2.59. The van der Waals surface area contributed by atoms with Gasteiger partial charge in [-0.15, -0.1) is 5.10 Å². The fraction of sp³-hybridized carbons (Fsp3) is 0.818. The van der Waals surface area contributed by atoms with Crippen LogP contribution in [0.25, 0.3) is 0 Å². The summed E-state index contributed by atoms with van der Waals surface area (Å²) >= 11 is 5.26. The van der Waals surface area contributed by atoms with E-state index in [2.05, 4.69) is 40.4 Å². The average Bonchev–Trinajstić information content (AvgIpc) is 2.73. The molecular formula is C11H20N4S. The first-order valence-corrected chi connectivity index (χ1v) is 6.46. The lowest BCUT2D eigenvalue weighted by atomic mass is 10.1. The van der Waals surface area contributed by atoms with Crippen molar-refractivity contribution in [1.29, 1.82) is 0 Å². The van der Waals surface area contributed by atoms with E-state index in [0.717, 1.165) is 36.1 Å². The molecule has 0 spiro atoms. The Morgan fingerprint density at radius 1 is 1.50 bits per heavy atom. The summed E-state index contributed by atoms with van der Waals surface area (Å²) in [5.74, 6) is 1.76. The quantitative estimate of drug-likeness (QED) is 0.825. The SMILES string of the molecule is CCCn1c(N2CC(C)CC2C)n[nH]c1=S. The van der Waals surface area contributed by atoms with E-state index in [1.807, 2.05) is 0 Å². The first kappa shape index (κ1) is 11.6. The highest BCUT2D eigenvalue weighted by atomic mass is 32.1. The number of hydrogen-bond donors (Lipinski definition) is 1. The molecule has 1 saturated heterocycles. The minimum atomic E-state index is 0.566. The van der Waals surface area contributed by atoms with Gasteiger partial charge < -0.3 is 4.90 Å². The van der Waals surface area contributed by atoms with Gasteiger partial charge in [-0.05, 0) is 37.9 Å². The number of H-pyrrole nitrogens is 1. The molecule has 0 bridgehead atoms. The smallest absolute Gasteiger partial charge is 0.225 e. The number of hydrogen-bond acceptors (Lipinski definition) is 3. The van der Waals surface area contributed by atoms with E-state index < -0.39 is 0 Å². The molecule has 0 aliphatic carbocycles. The van der Waals surface area contributed by atoms with E-state index >= 15 is 0 Å². The topological polar surface area (TPSA) is 36.9 Å². The molecule has 5 heteroatoms. The Hall–Kier alpha value is -0.840. The van der Waals surface area contributed by atoms with Gasteiger partial charge >= 0.3 is 0 Å². The van der Waals surface area contributed by atoms with Crippen molar-refractivity contribution in [3.63, 3.8) is 0 Å². The van der Waals surface area contributed by atoms with Crippen LogP contribution in [0.4, 0.5) is 5.95 Å². The molecule has 4 nitrogen and oxygen atoms in total. The van der Waals surface area contributed by atoms with E-state index in [1.165, 1.54) is 6.42 Å². The molecule has 1 aliphatic rings. The van der Waals surface area contributed by atoms with E-state index in [4.69, 9.17) is 12.2 Å². The molecule has 1 N–H and O–H groups in total. The van der Waals surface area contributed by atoms with Crippen LogP contribution >= 0.6 is 12.2 Å². The Labute approximate surface area is 102 Å². The lowest BCUT2D eigenvalue weighted by Crippen LogP contribution is -2.29. The second kappa shape index (κ2) is 4.57. The highest BCUT2D eigenvalue weighted by Crippen LogP contribution is 2.27. The standard InChI is InChI=1S/C11H20N4S/c1-4-5-14-10(12-13-11(14)16)15-7-8(2)6-9(15)3/h8-9H,4-7H2,1-3H3,(H,13,16). The summed E-state index contributed by atoms with van der Waals surface area (Å²) < 4.78 is 2.85.